The van der Waals surface area contributed by atoms with Crippen LogP contribution in [0, 0.1) is 12.8 Å². The van der Waals surface area contributed by atoms with E-state index in [2.05, 4.69) is 33.9 Å². The average Bonchev–Trinajstić information content (AvgIpc) is 2.36. The minimum absolute atomic E-state index is 0.0631. The summed E-state index contributed by atoms with van der Waals surface area (Å²) in [4.78, 5) is 19.5. The molecule has 1 aromatic heterocycles. The Labute approximate surface area is 113 Å². The molecule has 0 aliphatic rings. The number of carbonyl (C=O) groups excluding carboxylic acids is 1. The van der Waals surface area contributed by atoms with Gasteiger partial charge in [0.15, 0.2) is 0 Å². The lowest BCUT2D eigenvalue weighted by molar-refractivity contribution is 0.0586. The summed E-state index contributed by atoms with van der Waals surface area (Å²) >= 11 is 0. The van der Waals surface area contributed by atoms with Gasteiger partial charge in [-0.15, -0.1) is 0 Å². The highest BCUT2D eigenvalue weighted by molar-refractivity contribution is 5.85. The Morgan fingerprint density at radius 2 is 2.16 bits per heavy atom. The molecule has 1 heterocycles. The van der Waals surface area contributed by atoms with E-state index in [1.165, 1.54) is 7.11 Å². The van der Waals surface area contributed by atoms with E-state index in [1.807, 2.05) is 0 Å². The van der Waals surface area contributed by atoms with E-state index in [0.29, 0.717) is 30.6 Å². The van der Waals surface area contributed by atoms with Crippen molar-refractivity contribution in [3.05, 3.63) is 17.6 Å². The van der Waals surface area contributed by atoms with Gasteiger partial charge >= 0.3 is 5.97 Å². The maximum atomic E-state index is 11.4. The second-order valence-electron chi connectivity index (χ2n) is 4.61. The van der Waals surface area contributed by atoms with Crippen LogP contribution in [0.1, 0.15) is 30.2 Å². The fourth-order valence-corrected chi connectivity index (χ4v) is 1.41. The summed E-state index contributed by atoms with van der Waals surface area (Å²) in [6.45, 7) is 7.96. The molecule has 0 aromatic carbocycles. The Morgan fingerprint density at radius 1 is 1.42 bits per heavy atom. The lowest BCUT2D eigenvalue weighted by Crippen LogP contribution is -2.15. The second kappa shape index (κ2) is 7.68. The van der Waals surface area contributed by atoms with Crippen molar-refractivity contribution < 1.29 is 14.3 Å². The third-order valence-corrected chi connectivity index (χ3v) is 2.23. The van der Waals surface area contributed by atoms with Gasteiger partial charge in [0.1, 0.15) is 5.82 Å². The lowest BCUT2D eigenvalue weighted by atomic mass is 10.2. The van der Waals surface area contributed by atoms with Crippen molar-refractivity contribution in [2.24, 2.45) is 5.92 Å². The number of nitrogens with zero attached hydrogens (tertiary/aromatic N) is 2. The van der Waals surface area contributed by atoms with Crippen LogP contribution < -0.4 is 5.32 Å². The van der Waals surface area contributed by atoms with Gasteiger partial charge in [0.25, 0.3) is 0 Å². The third-order valence-electron chi connectivity index (χ3n) is 2.23. The Bertz CT molecular complexity index is 422. The molecule has 0 spiro atoms. The quantitative estimate of drug-likeness (QED) is 0.598. The number of rotatable bonds is 7. The zero-order valence-electron chi connectivity index (χ0n) is 11.9. The van der Waals surface area contributed by atoms with E-state index in [1.54, 1.807) is 13.0 Å². The zero-order valence-corrected chi connectivity index (χ0v) is 11.9. The van der Waals surface area contributed by atoms with Crippen molar-refractivity contribution >= 4 is 11.8 Å². The molecule has 6 heteroatoms. The number of esters is 1. The van der Waals surface area contributed by atoms with Crippen LogP contribution in [0.15, 0.2) is 6.07 Å². The van der Waals surface area contributed by atoms with Gasteiger partial charge < -0.3 is 14.8 Å². The first kappa shape index (κ1) is 15.4. The predicted molar refractivity (Wildman–Crippen MR) is 72.3 cm³/mol. The van der Waals surface area contributed by atoms with E-state index >= 15 is 0 Å². The largest absolute Gasteiger partial charge is 0.463 e. The highest BCUT2D eigenvalue weighted by atomic mass is 16.5. The van der Waals surface area contributed by atoms with Crippen LogP contribution in [0.3, 0.4) is 0 Å². The van der Waals surface area contributed by atoms with Gasteiger partial charge in [0.05, 0.1) is 13.7 Å². The number of carbonyl (C=O) groups is 1. The monoisotopic (exact) mass is 267 g/mol. The normalized spacial score (nSPS) is 10.6. The first-order valence-corrected chi connectivity index (χ1v) is 6.28. The lowest BCUT2D eigenvalue weighted by Gasteiger charge is -2.09. The van der Waals surface area contributed by atoms with Crippen molar-refractivity contribution in [2.75, 3.05) is 32.2 Å². The molecule has 0 atom stereocenters. The predicted octanol–water partition coefficient (Wildman–Crippen LogP) is 1.66. The van der Waals surface area contributed by atoms with Gasteiger partial charge in [-0.1, -0.05) is 13.8 Å². The summed E-state index contributed by atoms with van der Waals surface area (Å²) in [7, 11) is 1.31. The molecule has 1 rings (SSSR count). The van der Waals surface area contributed by atoms with Crippen molar-refractivity contribution in [1.29, 1.82) is 0 Å². The van der Waals surface area contributed by atoms with Crippen LogP contribution in [0.25, 0.3) is 0 Å². The summed E-state index contributed by atoms with van der Waals surface area (Å²) in [5.41, 5.74) is 0.709. The second-order valence-corrected chi connectivity index (χ2v) is 4.61. The summed E-state index contributed by atoms with van der Waals surface area (Å²) in [5.74, 6) is 0.643. The Kier molecular flexibility index (Phi) is 6.21. The van der Waals surface area contributed by atoms with Gasteiger partial charge in [-0.25, -0.2) is 14.8 Å². The first-order valence-electron chi connectivity index (χ1n) is 6.28. The van der Waals surface area contributed by atoms with Crippen LogP contribution >= 0.6 is 0 Å². The zero-order chi connectivity index (χ0) is 14.3. The molecule has 0 bridgehead atoms. The van der Waals surface area contributed by atoms with E-state index in [-0.39, 0.29) is 5.82 Å². The molecule has 6 nitrogen and oxygen atoms in total. The Balaban J connectivity index is 2.49. The molecule has 1 aromatic rings. The number of aryl methyl sites for hydroxylation is 1. The molecule has 0 saturated carbocycles. The van der Waals surface area contributed by atoms with E-state index in [4.69, 9.17) is 4.74 Å². The highest BCUT2D eigenvalue weighted by Crippen LogP contribution is 2.06. The van der Waals surface area contributed by atoms with Gasteiger partial charge in [0.2, 0.25) is 5.82 Å². The number of ether oxygens (including phenoxy) is 2. The van der Waals surface area contributed by atoms with Gasteiger partial charge in [-0.05, 0) is 12.8 Å². The standard InChI is InChI=1S/C13H21N3O3/c1-9(2)8-19-6-5-14-11-7-10(3)15-12(16-11)13(17)18-4/h7,9H,5-6,8H2,1-4H3,(H,14,15,16). The fraction of sp³-hybridized carbons (Fsp3) is 0.615. The molecular weight excluding hydrogens is 246 g/mol. The van der Waals surface area contributed by atoms with Crippen LogP contribution in [0.4, 0.5) is 5.82 Å². The molecule has 0 aliphatic carbocycles. The molecule has 1 N–H and O–H groups in total. The molecule has 0 fully saturated rings. The maximum absolute atomic E-state index is 11.4. The van der Waals surface area contributed by atoms with Crippen molar-refractivity contribution in [3.8, 4) is 0 Å². The summed E-state index contributed by atoms with van der Waals surface area (Å²) in [6.07, 6.45) is 0. The van der Waals surface area contributed by atoms with Crippen LogP contribution in [0.2, 0.25) is 0 Å². The van der Waals surface area contributed by atoms with Crippen LogP contribution in [-0.2, 0) is 9.47 Å². The Morgan fingerprint density at radius 3 is 2.79 bits per heavy atom. The van der Waals surface area contributed by atoms with Gasteiger partial charge in [-0.2, -0.15) is 0 Å². The number of hydrogen-bond donors (Lipinski definition) is 1. The molecule has 0 amide bonds. The molecular formula is C13H21N3O3. The molecule has 19 heavy (non-hydrogen) atoms. The van der Waals surface area contributed by atoms with Crippen LogP contribution in [-0.4, -0.2) is 42.8 Å². The van der Waals surface area contributed by atoms with Gasteiger partial charge in [-0.3, -0.25) is 0 Å². The first-order chi connectivity index (χ1) is 9.02. The number of methoxy groups -OCH3 is 1. The minimum Gasteiger partial charge on any atom is -0.463 e. The van der Waals surface area contributed by atoms with E-state index in [9.17, 15) is 4.79 Å². The van der Waals surface area contributed by atoms with Crippen molar-refractivity contribution in [3.63, 3.8) is 0 Å². The number of anilines is 1. The summed E-state index contributed by atoms with van der Waals surface area (Å²) < 4.78 is 10.0. The van der Waals surface area contributed by atoms with Gasteiger partial charge in [0, 0.05) is 24.9 Å². The van der Waals surface area contributed by atoms with Crippen LogP contribution in [0.5, 0.6) is 0 Å². The highest BCUT2D eigenvalue weighted by Gasteiger charge is 2.11. The van der Waals surface area contributed by atoms with Crippen molar-refractivity contribution in [2.45, 2.75) is 20.8 Å². The maximum Gasteiger partial charge on any atom is 0.376 e. The smallest absolute Gasteiger partial charge is 0.376 e. The average molecular weight is 267 g/mol. The van der Waals surface area contributed by atoms with E-state index < -0.39 is 5.97 Å². The molecule has 0 saturated heterocycles. The number of hydrogen-bond acceptors (Lipinski definition) is 6. The molecule has 0 radical (unpaired) electrons. The minimum atomic E-state index is -0.539. The number of aromatic nitrogens is 2. The fourth-order valence-electron chi connectivity index (χ4n) is 1.41. The van der Waals surface area contributed by atoms with Crippen molar-refractivity contribution in [1.82, 2.24) is 9.97 Å². The Hall–Kier alpha value is -1.69. The van der Waals surface area contributed by atoms with E-state index in [0.717, 1.165) is 6.61 Å². The molecule has 106 valence electrons. The summed E-state index contributed by atoms with van der Waals surface area (Å²) in [6, 6.07) is 1.77. The molecule has 0 unspecified atom stereocenters. The number of nitrogens with one attached hydrogen (secondary N) is 1. The molecule has 0 aliphatic heterocycles. The topological polar surface area (TPSA) is 73.3 Å². The third kappa shape index (κ3) is 5.65. The summed E-state index contributed by atoms with van der Waals surface area (Å²) in [5, 5.41) is 3.09. The SMILES string of the molecule is COC(=O)c1nc(C)cc(NCCOCC(C)C)n1.